The monoisotopic (exact) mass is 321 g/mol. The van der Waals surface area contributed by atoms with Crippen molar-refractivity contribution in [3.05, 3.63) is 0 Å². The van der Waals surface area contributed by atoms with E-state index >= 15 is 0 Å². The van der Waals surface area contributed by atoms with Gasteiger partial charge in [-0.3, -0.25) is 9.69 Å². The Kier molecular flexibility index (Phi) is 16.0. The Morgan fingerprint density at radius 1 is 1.06 bits per heavy atom. The minimum atomic E-state index is -0.0657. The molecule has 1 unspecified atom stereocenters. The van der Waals surface area contributed by atoms with Crippen LogP contribution in [0.4, 0.5) is 0 Å². The average molecular weight is 323 g/mol. The first-order valence-electron chi connectivity index (χ1n) is 6.02. The molecular weight excluding hydrogens is 296 g/mol. The maximum absolute atomic E-state index is 11.7. The highest BCUT2D eigenvalue weighted by atomic mass is 35.5. The number of carbonyl (C=O) groups excluding carboxylic acids is 1. The molecule has 0 saturated carbocycles. The molecular formula is C12H26Cl3NO2. The van der Waals surface area contributed by atoms with Crippen molar-refractivity contribution in [2.45, 2.75) is 46.1 Å². The number of carbonyl (C=O) groups is 1. The molecule has 18 heavy (non-hydrogen) atoms. The molecule has 0 aromatic carbocycles. The van der Waals surface area contributed by atoms with Gasteiger partial charge in [-0.2, -0.15) is 0 Å². The standard InChI is InChI=1S/C12H23NO2.3ClH/c1-10(2)9-15-12(14)11(3)13-7-5-4-6-8-13;;;/h10-11H,4-9H2,1-3H3;3*1H. The van der Waals surface area contributed by atoms with E-state index < -0.39 is 0 Å². The Bertz CT molecular complexity index is 209. The van der Waals surface area contributed by atoms with Gasteiger partial charge in [0.25, 0.3) is 0 Å². The molecule has 1 rings (SSSR count). The maximum Gasteiger partial charge on any atom is 0.323 e. The largest absolute Gasteiger partial charge is 0.464 e. The van der Waals surface area contributed by atoms with E-state index in [1.165, 1.54) is 19.3 Å². The number of piperidine rings is 1. The fourth-order valence-corrected chi connectivity index (χ4v) is 1.82. The Morgan fingerprint density at radius 2 is 1.56 bits per heavy atom. The summed E-state index contributed by atoms with van der Waals surface area (Å²) in [6, 6.07) is -0.0657. The second kappa shape index (κ2) is 12.3. The van der Waals surface area contributed by atoms with E-state index in [0.29, 0.717) is 12.5 Å². The number of halogens is 3. The van der Waals surface area contributed by atoms with E-state index in [9.17, 15) is 4.79 Å². The molecule has 0 bridgehead atoms. The quantitative estimate of drug-likeness (QED) is 0.744. The number of esters is 1. The van der Waals surface area contributed by atoms with Gasteiger partial charge >= 0.3 is 5.97 Å². The van der Waals surface area contributed by atoms with Crippen LogP contribution in [0, 0.1) is 5.92 Å². The van der Waals surface area contributed by atoms with Crippen LogP contribution in [0.25, 0.3) is 0 Å². The van der Waals surface area contributed by atoms with E-state index in [-0.39, 0.29) is 49.2 Å². The minimum absolute atomic E-state index is 0. The van der Waals surface area contributed by atoms with E-state index in [1.54, 1.807) is 0 Å². The molecule has 0 spiro atoms. The lowest BCUT2D eigenvalue weighted by Gasteiger charge is -2.30. The molecule has 112 valence electrons. The molecule has 6 heteroatoms. The predicted molar refractivity (Wildman–Crippen MR) is 82.4 cm³/mol. The lowest BCUT2D eigenvalue weighted by molar-refractivity contribution is -0.150. The Morgan fingerprint density at radius 3 is 2.00 bits per heavy atom. The van der Waals surface area contributed by atoms with E-state index in [1.807, 2.05) is 6.92 Å². The smallest absolute Gasteiger partial charge is 0.323 e. The van der Waals surface area contributed by atoms with Crippen LogP contribution in [0.3, 0.4) is 0 Å². The van der Waals surface area contributed by atoms with Crippen LogP contribution >= 0.6 is 37.2 Å². The lowest BCUT2D eigenvalue weighted by atomic mass is 10.1. The third-order valence-electron chi connectivity index (χ3n) is 2.84. The second-order valence-corrected chi connectivity index (χ2v) is 4.80. The fraction of sp³-hybridized carbons (Fsp3) is 0.917. The van der Waals surface area contributed by atoms with Gasteiger partial charge < -0.3 is 4.74 Å². The van der Waals surface area contributed by atoms with Gasteiger partial charge in [0, 0.05) is 0 Å². The minimum Gasteiger partial charge on any atom is -0.464 e. The summed E-state index contributed by atoms with van der Waals surface area (Å²) in [6.07, 6.45) is 3.72. The SMILES string of the molecule is CC(C)COC(=O)C(C)N1CCCCC1.Cl.Cl.Cl. The molecule has 1 atom stereocenters. The van der Waals surface area contributed by atoms with Crippen molar-refractivity contribution < 1.29 is 9.53 Å². The zero-order valence-corrected chi connectivity index (χ0v) is 13.8. The van der Waals surface area contributed by atoms with E-state index in [4.69, 9.17) is 4.74 Å². The first kappa shape index (κ1) is 23.4. The van der Waals surface area contributed by atoms with Crippen molar-refractivity contribution in [2.24, 2.45) is 5.92 Å². The van der Waals surface area contributed by atoms with Crippen molar-refractivity contribution in [3.8, 4) is 0 Å². The fourth-order valence-electron chi connectivity index (χ4n) is 1.82. The highest BCUT2D eigenvalue weighted by Crippen LogP contribution is 2.13. The van der Waals surface area contributed by atoms with Crippen LogP contribution < -0.4 is 0 Å². The van der Waals surface area contributed by atoms with Gasteiger partial charge in [-0.25, -0.2) is 0 Å². The lowest BCUT2D eigenvalue weighted by Crippen LogP contribution is -2.43. The van der Waals surface area contributed by atoms with Gasteiger partial charge in [0.1, 0.15) is 6.04 Å². The van der Waals surface area contributed by atoms with Crippen LogP contribution in [-0.4, -0.2) is 36.6 Å². The second-order valence-electron chi connectivity index (χ2n) is 4.80. The Balaban J connectivity index is -0.000000750. The normalized spacial score (nSPS) is 16.9. The van der Waals surface area contributed by atoms with Gasteiger partial charge in [0.15, 0.2) is 0 Å². The van der Waals surface area contributed by atoms with E-state index in [2.05, 4.69) is 18.7 Å². The first-order valence-corrected chi connectivity index (χ1v) is 6.02. The van der Waals surface area contributed by atoms with Crippen LogP contribution in [0.5, 0.6) is 0 Å². The molecule has 1 saturated heterocycles. The highest BCUT2D eigenvalue weighted by molar-refractivity contribution is 5.86. The number of ether oxygens (including phenoxy) is 1. The van der Waals surface area contributed by atoms with Crippen molar-refractivity contribution in [1.82, 2.24) is 4.90 Å². The summed E-state index contributed by atoms with van der Waals surface area (Å²) in [6.45, 7) is 8.68. The van der Waals surface area contributed by atoms with E-state index in [0.717, 1.165) is 13.1 Å². The molecule has 0 N–H and O–H groups in total. The molecule has 0 radical (unpaired) electrons. The average Bonchev–Trinajstić information content (AvgIpc) is 2.26. The van der Waals surface area contributed by atoms with Crippen molar-refractivity contribution in [2.75, 3.05) is 19.7 Å². The number of hydrogen-bond acceptors (Lipinski definition) is 3. The molecule has 1 aliphatic rings. The molecule has 1 fully saturated rings. The molecule has 0 aromatic rings. The summed E-state index contributed by atoms with van der Waals surface area (Å²) in [7, 11) is 0. The third kappa shape index (κ3) is 8.41. The molecule has 1 aliphatic heterocycles. The molecule has 3 nitrogen and oxygen atoms in total. The summed E-state index contributed by atoms with van der Waals surface area (Å²) in [5.41, 5.74) is 0. The zero-order valence-electron chi connectivity index (χ0n) is 11.4. The summed E-state index contributed by atoms with van der Waals surface area (Å²) in [5, 5.41) is 0. The van der Waals surface area contributed by atoms with Gasteiger partial charge in [0.05, 0.1) is 6.61 Å². The van der Waals surface area contributed by atoms with Crippen molar-refractivity contribution in [3.63, 3.8) is 0 Å². The van der Waals surface area contributed by atoms with Crippen LogP contribution in [-0.2, 0) is 9.53 Å². The van der Waals surface area contributed by atoms with Crippen LogP contribution in [0.1, 0.15) is 40.0 Å². The summed E-state index contributed by atoms with van der Waals surface area (Å²) in [4.78, 5) is 13.9. The van der Waals surface area contributed by atoms with Crippen LogP contribution in [0.2, 0.25) is 0 Å². The molecule has 0 aromatic heterocycles. The van der Waals surface area contributed by atoms with Gasteiger partial charge in [-0.1, -0.05) is 20.3 Å². The van der Waals surface area contributed by atoms with Gasteiger partial charge in [-0.05, 0) is 38.8 Å². The van der Waals surface area contributed by atoms with Crippen LogP contribution in [0.15, 0.2) is 0 Å². The summed E-state index contributed by atoms with van der Waals surface area (Å²) >= 11 is 0. The van der Waals surface area contributed by atoms with Gasteiger partial charge in [0.2, 0.25) is 0 Å². The molecule has 0 aliphatic carbocycles. The van der Waals surface area contributed by atoms with Crippen molar-refractivity contribution in [1.29, 1.82) is 0 Å². The number of likely N-dealkylation sites (tertiary alicyclic amines) is 1. The van der Waals surface area contributed by atoms with Crippen molar-refractivity contribution >= 4 is 43.2 Å². The maximum atomic E-state index is 11.7. The first-order chi connectivity index (χ1) is 7.11. The summed E-state index contributed by atoms with van der Waals surface area (Å²) in [5.74, 6) is 0.355. The number of hydrogen-bond donors (Lipinski definition) is 0. The summed E-state index contributed by atoms with van der Waals surface area (Å²) < 4.78 is 5.24. The Labute approximate surface area is 129 Å². The topological polar surface area (TPSA) is 29.5 Å². The molecule has 1 heterocycles. The highest BCUT2D eigenvalue weighted by Gasteiger charge is 2.23. The predicted octanol–water partition coefficient (Wildman–Crippen LogP) is 3.33. The number of rotatable bonds is 4. The number of nitrogens with zero attached hydrogens (tertiary/aromatic N) is 1. The van der Waals surface area contributed by atoms with Gasteiger partial charge in [-0.15, -0.1) is 37.2 Å². The molecule has 0 amide bonds. The third-order valence-corrected chi connectivity index (χ3v) is 2.84. The zero-order chi connectivity index (χ0) is 11.3. The Hall–Kier alpha value is 0.300.